The van der Waals surface area contributed by atoms with Crippen molar-refractivity contribution in [2.45, 2.75) is 13.3 Å². The molecule has 1 unspecified atom stereocenters. The molecule has 0 bridgehead atoms. The fourth-order valence-corrected chi connectivity index (χ4v) is 1.49. The maximum absolute atomic E-state index is 8.72. The fourth-order valence-electron chi connectivity index (χ4n) is 0.755. The summed E-state index contributed by atoms with van der Waals surface area (Å²) in [5, 5.41) is 8.72. The number of aliphatic hydroxyl groups excluding tert-OH is 1. The van der Waals surface area contributed by atoms with Gasteiger partial charge in [0.1, 0.15) is 0 Å². The van der Waals surface area contributed by atoms with Gasteiger partial charge in [-0.15, -0.1) is 0 Å². The normalized spacial score (nSPS) is 13.4. The first-order valence-electron chi connectivity index (χ1n) is 3.33. The predicted molar refractivity (Wildman–Crippen MR) is 42.1 cm³/mol. The number of hydrogen-bond donors (Lipinski definition) is 1. The Morgan fingerprint density at radius 1 is 1.80 bits per heavy atom. The number of aliphatic hydroxyl groups is 1. The Labute approximate surface area is 64.7 Å². The van der Waals surface area contributed by atoms with Gasteiger partial charge in [-0.3, -0.25) is 0 Å². The standard InChI is InChI=1S/C7H11NOS/c1-6(5-9)4-7-2-3-8-10-7/h2-3,6,9H,4-5H2,1H3. The molecule has 0 saturated heterocycles. The van der Waals surface area contributed by atoms with Gasteiger partial charge >= 0.3 is 0 Å². The molecular weight excluding hydrogens is 146 g/mol. The van der Waals surface area contributed by atoms with Crippen LogP contribution in [0.2, 0.25) is 0 Å². The molecule has 0 aliphatic carbocycles. The zero-order valence-corrected chi connectivity index (χ0v) is 6.77. The highest BCUT2D eigenvalue weighted by atomic mass is 32.1. The topological polar surface area (TPSA) is 33.1 Å². The summed E-state index contributed by atoms with van der Waals surface area (Å²) < 4.78 is 3.97. The van der Waals surface area contributed by atoms with Crippen LogP contribution in [0.5, 0.6) is 0 Å². The predicted octanol–water partition coefficient (Wildman–Crippen LogP) is 1.31. The maximum atomic E-state index is 8.72. The van der Waals surface area contributed by atoms with Crippen molar-refractivity contribution >= 4 is 11.5 Å². The second-order valence-electron chi connectivity index (χ2n) is 2.47. The van der Waals surface area contributed by atoms with Gasteiger partial charge in [-0.05, 0) is 29.9 Å². The van der Waals surface area contributed by atoms with Crippen molar-refractivity contribution in [1.29, 1.82) is 0 Å². The van der Waals surface area contributed by atoms with E-state index in [-0.39, 0.29) is 6.61 Å². The van der Waals surface area contributed by atoms with Gasteiger partial charge < -0.3 is 5.11 Å². The molecule has 0 fully saturated rings. The average Bonchev–Trinajstić information content (AvgIpc) is 2.40. The van der Waals surface area contributed by atoms with Crippen molar-refractivity contribution < 1.29 is 5.11 Å². The summed E-state index contributed by atoms with van der Waals surface area (Å²) in [7, 11) is 0. The molecule has 0 saturated carbocycles. The molecule has 1 heterocycles. The molecule has 1 aromatic rings. The van der Waals surface area contributed by atoms with Crippen LogP contribution in [0.25, 0.3) is 0 Å². The SMILES string of the molecule is CC(CO)Cc1ccns1. The quantitative estimate of drug-likeness (QED) is 0.717. The second-order valence-corrected chi connectivity index (χ2v) is 3.39. The summed E-state index contributed by atoms with van der Waals surface area (Å²) in [6, 6.07) is 2.00. The minimum Gasteiger partial charge on any atom is -0.396 e. The van der Waals surface area contributed by atoms with Gasteiger partial charge in [-0.1, -0.05) is 6.92 Å². The van der Waals surface area contributed by atoms with Crippen LogP contribution in [0.1, 0.15) is 11.8 Å². The Morgan fingerprint density at radius 3 is 3.10 bits per heavy atom. The molecule has 1 rings (SSSR count). The lowest BCUT2D eigenvalue weighted by Crippen LogP contribution is -2.02. The lowest BCUT2D eigenvalue weighted by Gasteiger charge is -2.02. The number of hydrogen-bond acceptors (Lipinski definition) is 3. The lowest BCUT2D eigenvalue weighted by molar-refractivity contribution is 0.237. The summed E-state index contributed by atoms with van der Waals surface area (Å²) in [5.74, 6) is 0.362. The Hall–Kier alpha value is -0.410. The smallest absolute Gasteiger partial charge is 0.0460 e. The zero-order valence-electron chi connectivity index (χ0n) is 5.95. The van der Waals surface area contributed by atoms with E-state index in [2.05, 4.69) is 4.37 Å². The van der Waals surface area contributed by atoms with E-state index in [0.717, 1.165) is 6.42 Å². The van der Waals surface area contributed by atoms with Gasteiger partial charge in [0, 0.05) is 17.7 Å². The van der Waals surface area contributed by atoms with Crippen LogP contribution in [0.3, 0.4) is 0 Å². The summed E-state index contributed by atoms with van der Waals surface area (Å²) in [5.41, 5.74) is 0. The second kappa shape index (κ2) is 3.68. The largest absolute Gasteiger partial charge is 0.396 e. The van der Waals surface area contributed by atoms with Crippen molar-refractivity contribution in [2.75, 3.05) is 6.61 Å². The van der Waals surface area contributed by atoms with E-state index in [9.17, 15) is 0 Å². The van der Waals surface area contributed by atoms with Crippen LogP contribution < -0.4 is 0 Å². The van der Waals surface area contributed by atoms with Crippen molar-refractivity contribution in [3.8, 4) is 0 Å². The van der Waals surface area contributed by atoms with E-state index in [1.807, 2.05) is 13.0 Å². The first-order chi connectivity index (χ1) is 4.83. The molecule has 0 aliphatic heterocycles. The first kappa shape index (κ1) is 7.69. The van der Waals surface area contributed by atoms with Gasteiger partial charge in [-0.2, -0.15) is 0 Å². The Morgan fingerprint density at radius 2 is 2.60 bits per heavy atom. The summed E-state index contributed by atoms with van der Waals surface area (Å²) in [6.07, 6.45) is 2.74. The number of aromatic nitrogens is 1. The summed E-state index contributed by atoms with van der Waals surface area (Å²) in [4.78, 5) is 1.25. The van der Waals surface area contributed by atoms with Crippen molar-refractivity contribution in [1.82, 2.24) is 4.37 Å². The third-order valence-corrected chi connectivity index (χ3v) is 2.12. The van der Waals surface area contributed by atoms with Crippen molar-refractivity contribution in [3.63, 3.8) is 0 Å². The number of nitrogens with zero attached hydrogens (tertiary/aromatic N) is 1. The van der Waals surface area contributed by atoms with Crippen LogP contribution in [0, 0.1) is 5.92 Å². The van der Waals surface area contributed by atoms with E-state index in [4.69, 9.17) is 5.11 Å². The van der Waals surface area contributed by atoms with Gasteiger partial charge in [0.25, 0.3) is 0 Å². The van der Waals surface area contributed by atoms with Gasteiger partial charge in [-0.25, -0.2) is 4.37 Å². The average molecular weight is 157 g/mol. The van der Waals surface area contributed by atoms with E-state index < -0.39 is 0 Å². The minimum atomic E-state index is 0.262. The summed E-state index contributed by atoms with van der Waals surface area (Å²) in [6.45, 7) is 2.29. The van der Waals surface area contributed by atoms with Crippen LogP contribution in [-0.4, -0.2) is 16.1 Å². The fraction of sp³-hybridized carbons (Fsp3) is 0.571. The molecule has 3 heteroatoms. The number of rotatable bonds is 3. The molecule has 1 aromatic heterocycles. The lowest BCUT2D eigenvalue weighted by atomic mass is 10.1. The maximum Gasteiger partial charge on any atom is 0.0460 e. The summed E-state index contributed by atoms with van der Waals surface area (Å²) >= 11 is 1.51. The molecule has 10 heavy (non-hydrogen) atoms. The third-order valence-electron chi connectivity index (χ3n) is 1.35. The van der Waals surface area contributed by atoms with Crippen LogP contribution in [-0.2, 0) is 6.42 Å². The van der Waals surface area contributed by atoms with Gasteiger partial charge in [0.15, 0.2) is 0 Å². The highest BCUT2D eigenvalue weighted by Gasteiger charge is 2.01. The van der Waals surface area contributed by atoms with E-state index in [0.29, 0.717) is 5.92 Å². The monoisotopic (exact) mass is 157 g/mol. The Kier molecular flexibility index (Phi) is 2.83. The van der Waals surface area contributed by atoms with Gasteiger partial charge in [0.2, 0.25) is 0 Å². The zero-order chi connectivity index (χ0) is 7.40. The molecular formula is C7H11NOS. The van der Waals surface area contributed by atoms with Crippen LogP contribution in [0.4, 0.5) is 0 Å². The Bertz CT molecular complexity index is 174. The molecule has 0 amide bonds. The van der Waals surface area contributed by atoms with Crippen LogP contribution in [0.15, 0.2) is 12.3 Å². The molecule has 2 nitrogen and oxygen atoms in total. The molecule has 0 aromatic carbocycles. The van der Waals surface area contributed by atoms with E-state index >= 15 is 0 Å². The molecule has 1 N–H and O–H groups in total. The highest BCUT2D eigenvalue weighted by Crippen LogP contribution is 2.10. The van der Waals surface area contributed by atoms with E-state index in [1.165, 1.54) is 16.4 Å². The van der Waals surface area contributed by atoms with Crippen molar-refractivity contribution in [3.05, 3.63) is 17.1 Å². The van der Waals surface area contributed by atoms with Crippen LogP contribution >= 0.6 is 11.5 Å². The first-order valence-corrected chi connectivity index (χ1v) is 4.10. The van der Waals surface area contributed by atoms with Crippen molar-refractivity contribution in [2.24, 2.45) is 5.92 Å². The molecule has 0 spiro atoms. The minimum absolute atomic E-state index is 0.262. The molecule has 0 aliphatic rings. The van der Waals surface area contributed by atoms with Gasteiger partial charge in [0.05, 0.1) is 0 Å². The third kappa shape index (κ3) is 2.08. The molecule has 1 atom stereocenters. The molecule has 0 radical (unpaired) electrons. The van der Waals surface area contributed by atoms with E-state index in [1.54, 1.807) is 6.20 Å². The molecule has 56 valence electrons. The highest BCUT2D eigenvalue weighted by molar-refractivity contribution is 7.05. The Balaban J connectivity index is 2.40.